The average molecular weight is 329 g/mol. The molecule has 0 spiro atoms. The van der Waals surface area contributed by atoms with E-state index in [0.29, 0.717) is 25.3 Å². The number of anilines is 1. The molecule has 7 nitrogen and oxygen atoms in total. The van der Waals surface area contributed by atoms with Crippen molar-refractivity contribution in [3.63, 3.8) is 0 Å². The number of aromatic nitrogens is 2. The smallest absolute Gasteiger partial charge is 0.290 e. The van der Waals surface area contributed by atoms with Crippen LogP contribution >= 0.6 is 11.6 Å². The maximum atomic E-state index is 12.4. The van der Waals surface area contributed by atoms with Crippen LogP contribution < -0.4 is 10.5 Å². The summed E-state index contributed by atoms with van der Waals surface area (Å²) in [5.41, 5.74) is 0.130. The predicted molar refractivity (Wildman–Crippen MR) is 85.5 cm³/mol. The summed E-state index contributed by atoms with van der Waals surface area (Å²) in [6, 6.07) is -0.342. The Morgan fingerprint density at radius 1 is 1.59 bits per heavy atom. The molecule has 0 aliphatic carbocycles. The van der Waals surface area contributed by atoms with Crippen LogP contribution in [0.15, 0.2) is 16.2 Å². The molecule has 2 unspecified atom stereocenters. The average Bonchev–Trinajstić information content (AvgIpc) is 2.55. The lowest BCUT2D eigenvalue weighted by Gasteiger charge is -2.25. The van der Waals surface area contributed by atoms with Gasteiger partial charge in [0.2, 0.25) is 0 Å². The molecule has 0 N–H and O–H groups in total. The molecule has 0 bridgehead atoms. The Morgan fingerprint density at radius 3 is 2.95 bits per heavy atom. The van der Waals surface area contributed by atoms with Gasteiger partial charge in [0.05, 0.1) is 11.9 Å². The lowest BCUT2D eigenvalue weighted by Crippen LogP contribution is -2.34. The van der Waals surface area contributed by atoms with Gasteiger partial charge in [0.25, 0.3) is 5.56 Å². The molecule has 22 heavy (non-hydrogen) atoms. The van der Waals surface area contributed by atoms with Crippen molar-refractivity contribution in [3.05, 3.63) is 26.5 Å². The van der Waals surface area contributed by atoms with Crippen molar-refractivity contribution >= 4 is 17.3 Å². The second kappa shape index (κ2) is 7.69. The number of rotatable bonds is 6. The monoisotopic (exact) mass is 328 g/mol. The summed E-state index contributed by atoms with van der Waals surface area (Å²) in [6.45, 7) is 2.91. The van der Waals surface area contributed by atoms with E-state index in [0.717, 1.165) is 19.3 Å². The Labute approximate surface area is 134 Å². The molecule has 1 saturated heterocycles. The van der Waals surface area contributed by atoms with Crippen LogP contribution in [0, 0.1) is 4.91 Å². The first-order chi connectivity index (χ1) is 10.6. The minimum atomic E-state index is -0.370. The molecule has 1 fully saturated rings. The highest BCUT2D eigenvalue weighted by Crippen LogP contribution is 2.24. The van der Waals surface area contributed by atoms with Crippen LogP contribution in [0.4, 0.5) is 5.69 Å². The van der Waals surface area contributed by atoms with E-state index in [9.17, 15) is 9.70 Å². The number of likely N-dealkylation sites (N-methyl/N-ethyl adjacent to an activating group) is 1. The Bertz CT molecular complexity index is 572. The van der Waals surface area contributed by atoms with Gasteiger partial charge in [-0.25, -0.2) is 0 Å². The summed E-state index contributed by atoms with van der Waals surface area (Å²) in [5, 5.41) is 7.33. The molecule has 2 heterocycles. The maximum Gasteiger partial charge on any atom is 0.290 e. The molecular weight excluding hydrogens is 308 g/mol. The predicted octanol–water partition coefficient (Wildman–Crippen LogP) is 2.58. The molecule has 0 amide bonds. The van der Waals surface area contributed by atoms with E-state index >= 15 is 0 Å². The van der Waals surface area contributed by atoms with Gasteiger partial charge in [-0.1, -0.05) is 23.7 Å². The van der Waals surface area contributed by atoms with Gasteiger partial charge in [-0.3, -0.25) is 4.79 Å². The fourth-order valence-corrected chi connectivity index (χ4v) is 2.76. The van der Waals surface area contributed by atoms with Crippen molar-refractivity contribution in [1.29, 1.82) is 0 Å². The van der Waals surface area contributed by atoms with Crippen molar-refractivity contribution in [2.24, 2.45) is 5.18 Å². The van der Waals surface area contributed by atoms with E-state index in [2.05, 4.69) is 10.3 Å². The normalized spacial score (nSPS) is 19.7. The fraction of sp³-hybridized carbons (Fsp3) is 0.714. The highest BCUT2D eigenvalue weighted by molar-refractivity contribution is 6.33. The SMILES string of the molecule is CCC(CN(C)c1cnn(C2CCCCO2)c(=O)c1Cl)N=O. The summed E-state index contributed by atoms with van der Waals surface area (Å²) < 4.78 is 6.87. The van der Waals surface area contributed by atoms with E-state index in [-0.39, 0.29) is 22.9 Å². The van der Waals surface area contributed by atoms with Crippen LogP contribution in [0.3, 0.4) is 0 Å². The first-order valence-electron chi connectivity index (χ1n) is 7.51. The van der Waals surface area contributed by atoms with E-state index in [1.165, 1.54) is 4.68 Å². The zero-order chi connectivity index (χ0) is 16.1. The molecule has 0 saturated carbocycles. The van der Waals surface area contributed by atoms with E-state index < -0.39 is 0 Å². The van der Waals surface area contributed by atoms with E-state index in [1.54, 1.807) is 18.1 Å². The molecule has 2 atom stereocenters. The molecule has 0 radical (unpaired) electrons. The van der Waals surface area contributed by atoms with Crippen LogP contribution in [0.2, 0.25) is 5.02 Å². The molecule has 1 aliphatic rings. The molecule has 122 valence electrons. The summed E-state index contributed by atoms with van der Waals surface area (Å²) in [6.07, 6.45) is 4.58. The molecule has 0 aromatic carbocycles. The molecule has 1 aromatic rings. The van der Waals surface area contributed by atoms with Gasteiger partial charge >= 0.3 is 0 Å². The first kappa shape index (κ1) is 16.9. The van der Waals surface area contributed by atoms with Crippen molar-refractivity contribution in [2.45, 2.75) is 44.9 Å². The van der Waals surface area contributed by atoms with Gasteiger partial charge in [0, 0.05) is 20.2 Å². The second-order valence-electron chi connectivity index (χ2n) is 5.46. The summed E-state index contributed by atoms with van der Waals surface area (Å²) in [5.74, 6) is 0. The summed E-state index contributed by atoms with van der Waals surface area (Å²) in [4.78, 5) is 24.8. The van der Waals surface area contributed by atoms with Gasteiger partial charge in [-0.05, 0) is 25.7 Å². The summed E-state index contributed by atoms with van der Waals surface area (Å²) in [7, 11) is 1.76. The van der Waals surface area contributed by atoms with Crippen LogP contribution in [0.25, 0.3) is 0 Å². The second-order valence-corrected chi connectivity index (χ2v) is 5.84. The van der Waals surface area contributed by atoms with Crippen LogP contribution in [0.1, 0.15) is 38.8 Å². The van der Waals surface area contributed by atoms with Gasteiger partial charge in [0.1, 0.15) is 11.1 Å². The van der Waals surface area contributed by atoms with Crippen LogP contribution in [-0.4, -0.2) is 36.0 Å². The molecule has 8 heteroatoms. The molecular formula is C14H21ClN4O3. The number of hydrogen-bond donors (Lipinski definition) is 0. The number of hydrogen-bond acceptors (Lipinski definition) is 6. The molecule has 1 aromatic heterocycles. The Kier molecular flexibility index (Phi) is 5.90. The van der Waals surface area contributed by atoms with Crippen LogP contribution in [-0.2, 0) is 4.74 Å². The standard InChI is InChI=1S/C14H21ClN4O3/c1-3-10(17-21)9-18(2)11-8-16-19(14(20)13(11)15)12-6-4-5-7-22-12/h8,10,12H,3-7,9H2,1-2H3. The third-order valence-corrected chi connectivity index (χ3v) is 4.23. The fourth-order valence-electron chi connectivity index (χ4n) is 2.48. The van der Waals surface area contributed by atoms with Gasteiger partial charge in [-0.15, -0.1) is 0 Å². The summed E-state index contributed by atoms with van der Waals surface area (Å²) >= 11 is 6.20. The lowest BCUT2D eigenvalue weighted by molar-refractivity contribution is -0.0424. The third kappa shape index (κ3) is 3.64. The largest absolute Gasteiger partial charge is 0.370 e. The van der Waals surface area contributed by atoms with E-state index in [1.807, 2.05) is 6.92 Å². The highest BCUT2D eigenvalue weighted by atomic mass is 35.5. The van der Waals surface area contributed by atoms with Crippen molar-refractivity contribution in [2.75, 3.05) is 25.1 Å². The highest BCUT2D eigenvalue weighted by Gasteiger charge is 2.22. The first-order valence-corrected chi connectivity index (χ1v) is 7.88. The minimum absolute atomic E-state index is 0.0902. The van der Waals surface area contributed by atoms with Crippen LogP contribution in [0.5, 0.6) is 0 Å². The Balaban J connectivity index is 2.22. The number of nitroso groups, excluding NO2 is 1. The molecule has 1 aliphatic heterocycles. The minimum Gasteiger partial charge on any atom is -0.370 e. The van der Waals surface area contributed by atoms with Crippen molar-refractivity contribution < 1.29 is 4.74 Å². The zero-order valence-corrected chi connectivity index (χ0v) is 13.6. The van der Waals surface area contributed by atoms with E-state index in [4.69, 9.17) is 16.3 Å². The Morgan fingerprint density at radius 2 is 2.36 bits per heavy atom. The third-order valence-electron chi connectivity index (χ3n) is 3.87. The van der Waals surface area contributed by atoms with Gasteiger partial charge < -0.3 is 9.64 Å². The van der Waals surface area contributed by atoms with Gasteiger partial charge in [-0.2, -0.15) is 14.7 Å². The number of ether oxygens (including phenoxy) is 1. The quantitative estimate of drug-likeness (QED) is 0.750. The number of nitrogens with zero attached hydrogens (tertiary/aromatic N) is 4. The number of halogens is 1. The lowest BCUT2D eigenvalue weighted by atomic mass is 10.2. The van der Waals surface area contributed by atoms with Crippen molar-refractivity contribution in [1.82, 2.24) is 9.78 Å². The van der Waals surface area contributed by atoms with Crippen molar-refractivity contribution in [3.8, 4) is 0 Å². The van der Waals surface area contributed by atoms with Gasteiger partial charge in [0.15, 0.2) is 6.23 Å². The topological polar surface area (TPSA) is 76.8 Å². The Hall–Kier alpha value is -1.47. The maximum absolute atomic E-state index is 12.4. The molecule has 2 rings (SSSR count). The zero-order valence-electron chi connectivity index (χ0n) is 12.9.